The van der Waals surface area contributed by atoms with Crippen LogP contribution in [0.15, 0.2) is 78.0 Å². The van der Waals surface area contributed by atoms with E-state index in [0.29, 0.717) is 11.6 Å². The summed E-state index contributed by atoms with van der Waals surface area (Å²) in [5.41, 5.74) is 3.87. The lowest BCUT2D eigenvalue weighted by Crippen LogP contribution is -2.02. The Balaban J connectivity index is 1.80. The Bertz CT molecular complexity index is 1140. The highest BCUT2D eigenvalue weighted by molar-refractivity contribution is 7.98. The lowest BCUT2D eigenvalue weighted by Gasteiger charge is -2.14. The molecule has 0 bridgehead atoms. The van der Waals surface area contributed by atoms with Crippen molar-refractivity contribution in [3.8, 4) is 22.8 Å². The predicted octanol–water partition coefficient (Wildman–Crippen LogP) is 5.68. The SMILES string of the molecule is COc1ccccc1-c1nnc(SCc2cccc(F)c2)n1-c1ccccc1C. The van der Waals surface area contributed by atoms with Gasteiger partial charge in [-0.3, -0.25) is 4.57 Å². The first kappa shape index (κ1) is 19.2. The van der Waals surface area contributed by atoms with Crippen LogP contribution in [0.5, 0.6) is 5.75 Å². The number of hydrogen-bond acceptors (Lipinski definition) is 4. The number of methoxy groups -OCH3 is 1. The molecule has 6 heteroatoms. The van der Waals surface area contributed by atoms with E-state index in [1.165, 1.54) is 17.8 Å². The summed E-state index contributed by atoms with van der Waals surface area (Å²) in [7, 11) is 1.65. The van der Waals surface area contributed by atoms with Crippen molar-refractivity contribution in [2.75, 3.05) is 7.11 Å². The number of para-hydroxylation sites is 2. The molecule has 0 atom stereocenters. The second kappa shape index (κ2) is 8.49. The average Bonchev–Trinajstić information content (AvgIpc) is 3.16. The molecule has 4 nitrogen and oxygen atoms in total. The molecule has 0 fully saturated rings. The van der Waals surface area contributed by atoms with Gasteiger partial charge in [0.2, 0.25) is 0 Å². The van der Waals surface area contributed by atoms with Crippen LogP contribution in [0.2, 0.25) is 0 Å². The third-order valence-electron chi connectivity index (χ3n) is 4.59. The molecule has 0 unspecified atom stereocenters. The van der Waals surface area contributed by atoms with Gasteiger partial charge in [-0.25, -0.2) is 4.39 Å². The van der Waals surface area contributed by atoms with Crippen molar-refractivity contribution < 1.29 is 9.13 Å². The molecule has 0 N–H and O–H groups in total. The van der Waals surface area contributed by atoms with Gasteiger partial charge in [-0.05, 0) is 48.4 Å². The molecule has 4 rings (SSSR count). The normalized spacial score (nSPS) is 10.9. The number of halogens is 1. The molecular weight excluding hydrogens is 385 g/mol. The van der Waals surface area contributed by atoms with Crippen LogP contribution < -0.4 is 4.74 Å². The first-order valence-electron chi connectivity index (χ1n) is 9.19. The number of aromatic nitrogens is 3. The zero-order valence-corrected chi connectivity index (χ0v) is 17.0. The fraction of sp³-hybridized carbons (Fsp3) is 0.130. The summed E-state index contributed by atoms with van der Waals surface area (Å²) >= 11 is 1.52. The Morgan fingerprint density at radius 3 is 2.55 bits per heavy atom. The second-order valence-corrected chi connectivity index (χ2v) is 7.49. The summed E-state index contributed by atoms with van der Waals surface area (Å²) in [6.45, 7) is 2.06. The quantitative estimate of drug-likeness (QED) is 0.387. The fourth-order valence-corrected chi connectivity index (χ4v) is 4.06. The molecule has 0 saturated heterocycles. The van der Waals surface area contributed by atoms with Gasteiger partial charge in [-0.15, -0.1) is 10.2 Å². The Morgan fingerprint density at radius 1 is 0.966 bits per heavy atom. The van der Waals surface area contributed by atoms with Crippen LogP contribution in [0.3, 0.4) is 0 Å². The van der Waals surface area contributed by atoms with Gasteiger partial charge in [0.15, 0.2) is 11.0 Å². The summed E-state index contributed by atoms with van der Waals surface area (Å²) in [6.07, 6.45) is 0. The maximum absolute atomic E-state index is 13.5. The predicted molar refractivity (Wildman–Crippen MR) is 114 cm³/mol. The number of hydrogen-bond donors (Lipinski definition) is 0. The molecule has 4 aromatic rings. The number of nitrogens with zero attached hydrogens (tertiary/aromatic N) is 3. The Labute approximate surface area is 173 Å². The van der Waals surface area contributed by atoms with Crippen LogP contribution in [0.1, 0.15) is 11.1 Å². The molecule has 0 aliphatic carbocycles. The number of ether oxygens (including phenoxy) is 1. The summed E-state index contributed by atoms with van der Waals surface area (Å²) < 4.78 is 21.1. The molecule has 3 aromatic carbocycles. The average molecular weight is 405 g/mol. The highest BCUT2D eigenvalue weighted by Gasteiger charge is 2.20. The van der Waals surface area contributed by atoms with Crippen LogP contribution in [0.25, 0.3) is 17.1 Å². The van der Waals surface area contributed by atoms with Gasteiger partial charge in [-0.2, -0.15) is 0 Å². The van der Waals surface area contributed by atoms with Crippen molar-refractivity contribution >= 4 is 11.8 Å². The van der Waals surface area contributed by atoms with Crippen LogP contribution in [-0.4, -0.2) is 21.9 Å². The minimum absolute atomic E-state index is 0.238. The van der Waals surface area contributed by atoms with Crippen LogP contribution >= 0.6 is 11.8 Å². The molecule has 0 amide bonds. The summed E-state index contributed by atoms with van der Waals surface area (Å²) in [5, 5.41) is 9.67. The van der Waals surface area contributed by atoms with Crippen LogP contribution in [0.4, 0.5) is 4.39 Å². The van der Waals surface area contributed by atoms with Gasteiger partial charge < -0.3 is 4.74 Å². The maximum atomic E-state index is 13.5. The standard InChI is InChI=1S/C23H20FN3OS/c1-16-8-3-5-12-20(16)27-22(19-11-4-6-13-21(19)28-2)25-26-23(27)29-15-17-9-7-10-18(24)14-17/h3-14H,15H2,1-2H3. The lowest BCUT2D eigenvalue weighted by molar-refractivity contribution is 0.416. The second-order valence-electron chi connectivity index (χ2n) is 6.55. The van der Waals surface area contributed by atoms with Crippen molar-refractivity contribution in [2.45, 2.75) is 17.8 Å². The largest absolute Gasteiger partial charge is 0.496 e. The number of benzene rings is 3. The van der Waals surface area contributed by atoms with Crippen LogP contribution in [-0.2, 0) is 5.75 Å². The first-order chi connectivity index (χ1) is 14.2. The van der Waals surface area contributed by atoms with Gasteiger partial charge in [0.1, 0.15) is 11.6 Å². The molecule has 146 valence electrons. The van der Waals surface area contributed by atoms with Gasteiger partial charge in [-0.1, -0.05) is 54.2 Å². The third-order valence-corrected chi connectivity index (χ3v) is 5.59. The van der Waals surface area contributed by atoms with Crippen LogP contribution in [0, 0.1) is 12.7 Å². The highest BCUT2D eigenvalue weighted by Crippen LogP contribution is 2.34. The zero-order valence-electron chi connectivity index (χ0n) is 16.2. The van der Waals surface area contributed by atoms with E-state index in [1.54, 1.807) is 19.2 Å². The Morgan fingerprint density at radius 2 is 1.76 bits per heavy atom. The fourth-order valence-electron chi connectivity index (χ4n) is 3.17. The van der Waals surface area contributed by atoms with E-state index in [0.717, 1.165) is 33.3 Å². The molecule has 0 aliphatic heterocycles. The zero-order chi connectivity index (χ0) is 20.2. The molecular formula is C23H20FN3OS. The van der Waals surface area contributed by atoms with E-state index in [9.17, 15) is 4.39 Å². The monoisotopic (exact) mass is 405 g/mol. The van der Waals surface area contributed by atoms with Gasteiger partial charge in [0, 0.05) is 5.75 Å². The van der Waals surface area contributed by atoms with Gasteiger partial charge in [0.25, 0.3) is 0 Å². The van der Waals surface area contributed by atoms with Crippen molar-refractivity contribution in [3.63, 3.8) is 0 Å². The van der Waals surface area contributed by atoms with E-state index in [4.69, 9.17) is 4.74 Å². The van der Waals surface area contributed by atoms with E-state index in [2.05, 4.69) is 23.2 Å². The summed E-state index contributed by atoms with van der Waals surface area (Å²) in [5.74, 6) is 1.79. The number of rotatable bonds is 6. The Kier molecular flexibility index (Phi) is 5.62. The number of aryl methyl sites for hydroxylation is 1. The molecule has 0 spiro atoms. The first-order valence-corrected chi connectivity index (χ1v) is 10.2. The minimum Gasteiger partial charge on any atom is -0.496 e. The van der Waals surface area contributed by atoms with Gasteiger partial charge in [0.05, 0.1) is 18.4 Å². The molecule has 29 heavy (non-hydrogen) atoms. The summed E-state index contributed by atoms with van der Waals surface area (Å²) in [4.78, 5) is 0. The summed E-state index contributed by atoms with van der Waals surface area (Å²) in [6, 6.07) is 22.5. The third kappa shape index (κ3) is 4.03. The minimum atomic E-state index is -0.238. The lowest BCUT2D eigenvalue weighted by atomic mass is 10.1. The van der Waals surface area contributed by atoms with E-state index < -0.39 is 0 Å². The van der Waals surface area contributed by atoms with Crippen molar-refractivity contribution in [1.82, 2.24) is 14.8 Å². The van der Waals surface area contributed by atoms with Crippen molar-refractivity contribution in [2.24, 2.45) is 0 Å². The molecule has 0 aliphatic rings. The van der Waals surface area contributed by atoms with Gasteiger partial charge >= 0.3 is 0 Å². The molecule has 1 aromatic heterocycles. The number of thioether (sulfide) groups is 1. The van der Waals surface area contributed by atoms with Crippen molar-refractivity contribution in [3.05, 3.63) is 89.7 Å². The van der Waals surface area contributed by atoms with Crippen molar-refractivity contribution in [1.29, 1.82) is 0 Å². The topological polar surface area (TPSA) is 39.9 Å². The molecule has 1 heterocycles. The molecule has 0 saturated carbocycles. The van der Waals surface area contributed by atoms with E-state index >= 15 is 0 Å². The smallest absolute Gasteiger partial charge is 0.196 e. The maximum Gasteiger partial charge on any atom is 0.196 e. The van der Waals surface area contributed by atoms with E-state index in [1.807, 2.05) is 53.1 Å². The van der Waals surface area contributed by atoms with E-state index in [-0.39, 0.29) is 5.82 Å². The Hall–Kier alpha value is -3.12. The molecule has 0 radical (unpaired) electrons. The highest BCUT2D eigenvalue weighted by atomic mass is 32.2.